The number of nitrogens with zero attached hydrogens (tertiary/aromatic N) is 2. The normalized spacial score (nSPS) is 22.7. The van der Waals surface area contributed by atoms with Crippen molar-refractivity contribution in [1.29, 1.82) is 0 Å². The molecule has 9 nitrogen and oxygen atoms in total. The number of carboxylic acid groups (broad SMARTS) is 1. The van der Waals surface area contributed by atoms with Gasteiger partial charge in [0.05, 0.1) is 12.1 Å². The van der Waals surface area contributed by atoms with E-state index in [0.717, 1.165) is 24.8 Å². The van der Waals surface area contributed by atoms with E-state index in [1.165, 1.54) is 11.1 Å². The Labute approximate surface area is 228 Å². The number of hydrogen-bond acceptors (Lipinski definition) is 4. The molecule has 2 aromatic rings. The van der Waals surface area contributed by atoms with Gasteiger partial charge in [-0.1, -0.05) is 66.7 Å². The molecule has 3 atom stereocenters. The number of ether oxygens (including phenoxy) is 1. The zero-order chi connectivity index (χ0) is 27.2. The van der Waals surface area contributed by atoms with Crippen molar-refractivity contribution < 1.29 is 24.2 Å². The van der Waals surface area contributed by atoms with E-state index in [0.29, 0.717) is 32.1 Å². The Hall–Kier alpha value is -3.85. The number of nitrogens with one attached hydrogen (secondary N) is 2. The fraction of sp³-hybridized carbons (Fsp3) is 0.433. The minimum atomic E-state index is -1.04. The van der Waals surface area contributed by atoms with E-state index < -0.39 is 6.09 Å². The Balaban J connectivity index is 1.25. The van der Waals surface area contributed by atoms with Crippen LogP contribution in [0.2, 0.25) is 0 Å². The molecule has 3 aliphatic rings. The van der Waals surface area contributed by atoms with Gasteiger partial charge in [0.1, 0.15) is 6.61 Å². The molecule has 3 N–H and O–H groups in total. The van der Waals surface area contributed by atoms with E-state index in [-0.39, 0.29) is 43.2 Å². The maximum atomic E-state index is 13.4. The molecule has 5 rings (SSSR count). The molecular weight excluding hydrogens is 496 g/mol. The quantitative estimate of drug-likeness (QED) is 0.527. The monoisotopic (exact) mass is 532 g/mol. The summed E-state index contributed by atoms with van der Waals surface area (Å²) < 4.78 is 5.64. The van der Waals surface area contributed by atoms with Crippen LogP contribution in [0.5, 0.6) is 0 Å². The van der Waals surface area contributed by atoms with Gasteiger partial charge in [0, 0.05) is 38.6 Å². The number of morpholine rings is 1. The van der Waals surface area contributed by atoms with E-state index in [4.69, 9.17) is 9.84 Å². The minimum Gasteiger partial charge on any atom is -0.465 e. The first-order valence-corrected chi connectivity index (χ1v) is 13.7. The molecule has 0 spiro atoms. The fourth-order valence-corrected chi connectivity index (χ4v) is 6.09. The lowest BCUT2D eigenvalue weighted by Gasteiger charge is -2.44. The Morgan fingerprint density at radius 1 is 1.03 bits per heavy atom. The summed E-state index contributed by atoms with van der Waals surface area (Å²) >= 11 is 0. The molecule has 3 saturated heterocycles. The van der Waals surface area contributed by atoms with E-state index in [1.54, 1.807) is 0 Å². The summed E-state index contributed by atoms with van der Waals surface area (Å²) in [5, 5.41) is 14.1. The van der Waals surface area contributed by atoms with Gasteiger partial charge < -0.3 is 30.3 Å². The van der Waals surface area contributed by atoms with Crippen LogP contribution in [0, 0.1) is 5.92 Å². The number of amides is 4. The molecule has 3 fully saturated rings. The van der Waals surface area contributed by atoms with E-state index in [1.807, 2.05) is 40.2 Å². The Morgan fingerprint density at radius 2 is 1.77 bits per heavy atom. The zero-order valence-corrected chi connectivity index (χ0v) is 22.0. The fourth-order valence-electron chi connectivity index (χ4n) is 6.09. The topological polar surface area (TPSA) is 111 Å². The van der Waals surface area contributed by atoms with Crippen LogP contribution >= 0.6 is 0 Å². The minimum absolute atomic E-state index is 0.0110. The van der Waals surface area contributed by atoms with Crippen LogP contribution in [-0.4, -0.2) is 84.4 Å². The SMILES string of the molecule is O=C(O)NC/C=C/c1cccc([C@@H](c2ccccc2)C2CCN(C(=O)N3CC[C@@H]4OCC(=O)N[C@@H]4C3)CC2)c1. The van der Waals surface area contributed by atoms with Crippen LogP contribution in [0.3, 0.4) is 0 Å². The highest BCUT2D eigenvalue weighted by molar-refractivity contribution is 5.79. The molecule has 9 heteroatoms. The summed E-state index contributed by atoms with van der Waals surface area (Å²) in [6.45, 7) is 2.88. The smallest absolute Gasteiger partial charge is 0.404 e. The van der Waals surface area contributed by atoms with Gasteiger partial charge in [-0.15, -0.1) is 0 Å². The molecule has 0 aromatic heterocycles. The van der Waals surface area contributed by atoms with E-state index in [2.05, 4.69) is 47.0 Å². The summed E-state index contributed by atoms with van der Waals surface area (Å²) in [7, 11) is 0. The summed E-state index contributed by atoms with van der Waals surface area (Å²) in [5.41, 5.74) is 3.50. The lowest BCUT2D eigenvalue weighted by atomic mass is 9.76. The molecule has 206 valence electrons. The van der Waals surface area contributed by atoms with E-state index >= 15 is 0 Å². The maximum Gasteiger partial charge on any atom is 0.404 e. The molecular formula is C30H36N4O5. The van der Waals surface area contributed by atoms with Crippen LogP contribution in [0.1, 0.15) is 41.9 Å². The number of hydrogen-bond donors (Lipinski definition) is 3. The lowest BCUT2D eigenvalue weighted by Crippen LogP contribution is -2.62. The third-order valence-electron chi connectivity index (χ3n) is 7.99. The largest absolute Gasteiger partial charge is 0.465 e. The van der Waals surface area contributed by atoms with Crippen LogP contribution in [-0.2, 0) is 9.53 Å². The van der Waals surface area contributed by atoms with Crippen LogP contribution in [0.25, 0.3) is 6.08 Å². The molecule has 0 unspecified atom stereocenters. The Morgan fingerprint density at radius 3 is 2.54 bits per heavy atom. The number of rotatable bonds is 6. The number of likely N-dealkylation sites (tertiary alicyclic amines) is 2. The first-order chi connectivity index (χ1) is 19.0. The van der Waals surface area contributed by atoms with Gasteiger partial charge in [0.2, 0.25) is 5.91 Å². The molecule has 0 saturated carbocycles. The summed E-state index contributed by atoms with van der Waals surface area (Å²) in [6.07, 6.45) is 5.22. The van der Waals surface area contributed by atoms with Crippen molar-refractivity contribution in [3.63, 3.8) is 0 Å². The number of piperidine rings is 2. The number of benzene rings is 2. The van der Waals surface area contributed by atoms with Crippen molar-refractivity contribution in [3.05, 3.63) is 77.4 Å². The highest BCUT2D eigenvalue weighted by atomic mass is 16.5. The molecule has 39 heavy (non-hydrogen) atoms. The van der Waals surface area contributed by atoms with Gasteiger partial charge in [0.25, 0.3) is 0 Å². The number of urea groups is 1. The van der Waals surface area contributed by atoms with E-state index in [9.17, 15) is 14.4 Å². The molecule has 0 aliphatic carbocycles. The van der Waals surface area contributed by atoms with Gasteiger partial charge in [0.15, 0.2) is 0 Å². The first-order valence-electron chi connectivity index (χ1n) is 13.7. The molecule has 0 radical (unpaired) electrons. The molecule has 4 amide bonds. The average Bonchev–Trinajstić information content (AvgIpc) is 2.96. The van der Waals surface area contributed by atoms with Crippen molar-refractivity contribution in [2.45, 2.75) is 37.3 Å². The maximum absolute atomic E-state index is 13.4. The molecule has 3 aliphatic heterocycles. The van der Waals surface area contributed by atoms with Crippen LogP contribution in [0.15, 0.2) is 60.7 Å². The predicted molar refractivity (Wildman–Crippen MR) is 147 cm³/mol. The second-order valence-corrected chi connectivity index (χ2v) is 10.5. The van der Waals surface area contributed by atoms with Crippen molar-refractivity contribution in [2.75, 3.05) is 39.3 Å². The second-order valence-electron chi connectivity index (χ2n) is 10.5. The van der Waals surface area contributed by atoms with Crippen molar-refractivity contribution >= 4 is 24.1 Å². The van der Waals surface area contributed by atoms with Crippen molar-refractivity contribution in [1.82, 2.24) is 20.4 Å². The van der Waals surface area contributed by atoms with Crippen molar-refractivity contribution in [2.24, 2.45) is 5.92 Å². The highest BCUT2D eigenvalue weighted by Crippen LogP contribution is 2.38. The first kappa shape index (κ1) is 26.7. The Bertz CT molecular complexity index is 1190. The highest BCUT2D eigenvalue weighted by Gasteiger charge is 2.38. The van der Waals surface area contributed by atoms with Gasteiger partial charge in [-0.3, -0.25) is 4.79 Å². The summed E-state index contributed by atoms with van der Waals surface area (Å²) in [5.74, 6) is 0.454. The number of carbonyl (C=O) groups excluding carboxylic acids is 2. The van der Waals surface area contributed by atoms with Gasteiger partial charge >= 0.3 is 12.1 Å². The van der Waals surface area contributed by atoms with Crippen LogP contribution < -0.4 is 10.6 Å². The predicted octanol–water partition coefficient (Wildman–Crippen LogP) is 3.52. The van der Waals surface area contributed by atoms with Crippen molar-refractivity contribution in [3.8, 4) is 0 Å². The third kappa shape index (κ3) is 6.60. The molecule has 3 heterocycles. The average molecular weight is 533 g/mol. The standard InChI is InChI=1S/C30H36N4O5/c35-27-20-39-26-13-17-34(19-25(26)32-27)30(38)33-15-11-23(12-16-33)28(22-8-2-1-3-9-22)24-10-4-6-21(18-24)7-5-14-31-29(36)37/h1-10,18,23,25-26,28,31H,11-17,19-20H2,(H,32,35)(H,36,37)/b7-5+/t25-,26+,28+/m1/s1. The Kier molecular flexibility index (Phi) is 8.46. The summed E-state index contributed by atoms with van der Waals surface area (Å²) in [6, 6.07) is 18.8. The van der Waals surface area contributed by atoms with Crippen LogP contribution in [0.4, 0.5) is 9.59 Å². The van der Waals surface area contributed by atoms with Gasteiger partial charge in [-0.2, -0.15) is 0 Å². The second kappa shape index (κ2) is 12.3. The van der Waals surface area contributed by atoms with Gasteiger partial charge in [-0.25, -0.2) is 9.59 Å². The summed E-state index contributed by atoms with van der Waals surface area (Å²) in [4.78, 5) is 39.7. The lowest BCUT2D eigenvalue weighted by molar-refractivity contribution is -0.139. The molecule has 0 bridgehead atoms. The number of fused-ring (bicyclic) bond motifs is 1. The molecule has 2 aromatic carbocycles. The third-order valence-corrected chi connectivity index (χ3v) is 7.99. The number of carbonyl (C=O) groups is 3. The van der Waals surface area contributed by atoms with Gasteiger partial charge in [-0.05, 0) is 41.9 Å². The zero-order valence-electron chi connectivity index (χ0n) is 22.0.